The van der Waals surface area contributed by atoms with Crippen molar-refractivity contribution in [1.29, 1.82) is 0 Å². The minimum absolute atomic E-state index is 0.277. The van der Waals surface area contributed by atoms with Crippen LogP contribution in [0.4, 0.5) is 5.82 Å². The SMILES string of the molecule is CC(C)CCOc1ccc(Cl)cc1OC1(C(=O)NS(=O)(=O)c2cccc(N3CCC(O)C3)n2)CC1. The zero-order valence-electron chi connectivity index (χ0n) is 19.7. The van der Waals surface area contributed by atoms with Crippen LogP contribution in [-0.4, -0.2) is 55.8 Å². The fourth-order valence-electron chi connectivity index (χ4n) is 3.73. The molecule has 2 aliphatic rings. The second kappa shape index (κ2) is 10.2. The normalized spacial score (nSPS) is 19.0. The number of nitrogens with one attached hydrogen (secondary N) is 1. The summed E-state index contributed by atoms with van der Waals surface area (Å²) < 4.78 is 39.9. The summed E-state index contributed by atoms with van der Waals surface area (Å²) in [5.41, 5.74) is -1.33. The van der Waals surface area contributed by atoms with Gasteiger partial charge in [-0.1, -0.05) is 31.5 Å². The van der Waals surface area contributed by atoms with E-state index in [4.69, 9.17) is 21.1 Å². The molecule has 9 nitrogen and oxygen atoms in total. The van der Waals surface area contributed by atoms with E-state index in [-0.39, 0.29) is 5.03 Å². The second-order valence-electron chi connectivity index (χ2n) is 9.38. The number of rotatable bonds is 10. The molecule has 1 amide bonds. The number of carbonyl (C=O) groups excluding carboxylic acids is 1. The summed E-state index contributed by atoms with van der Waals surface area (Å²) in [6.45, 7) is 5.60. The van der Waals surface area contributed by atoms with Crippen molar-refractivity contribution >= 4 is 33.3 Å². The molecule has 4 rings (SSSR count). The molecule has 2 N–H and O–H groups in total. The average Bonchev–Trinajstić information content (AvgIpc) is 3.46. The molecule has 2 aromatic rings. The second-order valence-corrected chi connectivity index (χ2v) is 11.4. The van der Waals surface area contributed by atoms with Gasteiger partial charge in [0.1, 0.15) is 5.82 Å². The van der Waals surface area contributed by atoms with Crippen LogP contribution in [0, 0.1) is 5.92 Å². The molecule has 0 radical (unpaired) electrons. The van der Waals surface area contributed by atoms with Crippen LogP contribution in [0.3, 0.4) is 0 Å². The molecule has 1 aliphatic carbocycles. The molecule has 2 heterocycles. The fraction of sp³-hybridized carbons (Fsp3) is 0.500. The number of benzene rings is 1. The number of hydrogen-bond acceptors (Lipinski definition) is 8. The van der Waals surface area contributed by atoms with E-state index in [1.165, 1.54) is 6.07 Å². The van der Waals surface area contributed by atoms with Crippen LogP contribution < -0.4 is 19.1 Å². The van der Waals surface area contributed by atoms with Crippen molar-refractivity contribution in [2.75, 3.05) is 24.6 Å². The Labute approximate surface area is 210 Å². The van der Waals surface area contributed by atoms with Crippen molar-refractivity contribution < 1.29 is 27.8 Å². The van der Waals surface area contributed by atoms with Crippen LogP contribution in [0.25, 0.3) is 0 Å². The quantitative estimate of drug-likeness (QED) is 0.487. The zero-order chi connectivity index (χ0) is 25.2. The molecule has 1 unspecified atom stereocenters. The first-order chi connectivity index (χ1) is 16.6. The lowest BCUT2D eigenvalue weighted by Crippen LogP contribution is -2.43. The smallest absolute Gasteiger partial charge is 0.281 e. The summed E-state index contributed by atoms with van der Waals surface area (Å²) >= 11 is 6.13. The van der Waals surface area contributed by atoms with E-state index in [1.54, 1.807) is 35.2 Å². The summed E-state index contributed by atoms with van der Waals surface area (Å²) in [6, 6.07) is 9.45. The predicted octanol–water partition coefficient (Wildman–Crippen LogP) is 3.15. The van der Waals surface area contributed by atoms with E-state index < -0.39 is 27.6 Å². The predicted molar refractivity (Wildman–Crippen MR) is 131 cm³/mol. The van der Waals surface area contributed by atoms with Gasteiger partial charge in [-0.25, -0.2) is 9.71 Å². The third-order valence-electron chi connectivity index (χ3n) is 5.98. The minimum Gasteiger partial charge on any atom is -0.490 e. The minimum atomic E-state index is -4.24. The molecule has 1 atom stereocenters. The number of aliphatic hydroxyl groups excluding tert-OH is 1. The van der Waals surface area contributed by atoms with Crippen LogP contribution >= 0.6 is 11.6 Å². The Morgan fingerprint density at radius 3 is 2.71 bits per heavy atom. The lowest BCUT2D eigenvalue weighted by Gasteiger charge is -2.21. The van der Waals surface area contributed by atoms with E-state index in [2.05, 4.69) is 23.6 Å². The maximum absolute atomic E-state index is 13.0. The molecule has 1 aromatic heterocycles. The van der Waals surface area contributed by atoms with E-state index in [0.29, 0.717) is 67.2 Å². The van der Waals surface area contributed by atoms with Crippen LogP contribution in [-0.2, 0) is 14.8 Å². The van der Waals surface area contributed by atoms with Crippen molar-refractivity contribution in [2.45, 2.75) is 56.3 Å². The number of nitrogens with zero attached hydrogens (tertiary/aromatic N) is 2. The van der Waals surface area contributed by atoms with E-state index in [1.807, 2.05) is 0 Å². The van der Waals surface area contributed by atoms with Crippen LogP contribution in [0.2, 0.25) is 5.02 Å². The number of halogens is 1. The van der Waals surface area contributed by atoms with Gasteiger partial charge in [0.05, 0.1) is 12.7 Å². The highest BCUT2D eigenvalue weighted by Gasteiger charge is 2.54. The standard InChI is InChI=1S/C24H30ClN3O6S/c1-16(2)9-13-33-19-7-6-17(25)14-20(19)34-24(10-11-24)23(30)27-35(31,32)22-5-3-4-21(26-22)28-12-8-18(29)15-28/h3-7,14,16,18,29H,8-13,15H2,1-2H3,(H,27,30). The Kier molecular flexibility index (Phi) is 7.44. The number of ether oxygens (including phenoxy) is 2. The lowest BCUT2D eigenvalue weighted by atomic mass is 10.1. The molecule has 1 saturated carbocycles. The molecule has 1 saturated heterocycles. The van der Waals surface area contributed by atoms with E-state index in [0.717, 1.165) is 6.42 Å². The van der Waals surface area contributed by atoms with Gasteiger partial charge in [-0.05, 0) is 43.0 Å². The first-order valence-electron chi connectivity index (χ1n) is 11.7. The number of carbonyl (C=O) groups is 1. The Balaban J connectivity index is 1.47. The van der Waals surface area contributed by atoms with Crippen molar-refractivity contribution in [1.82, 2.24) is 9.71 Å². The Morgan fingerprint density at radius 2 is 2.06 bits per heavy atom. The molecule has 1 aromatic carbocycles. The molecule has 190 valence electrons. The maximum atomic E-state index is 13.0. The van der Waals surface area contributed by atoms with Gasteiger partial charge in [0.25, 0.3) is 15.9 Å². The number of β-amino-alcohol motifs (C(OH)–C–C–N with tert-alkyl or cyclic N) is 1. The van der Waals surface area contributed by atoms with Crippen molar-refractivity contribution in [3.05, 3.63) is 41.4 Å². The summed E-state index contributed by atoms with van der Waals surface area (Å²) in [4.78, 5) is 19.1. The highest BCUT2D eigenvalue weighted by Crippen LogP contribution is 2.44. The molecule has 0 spiro atoms. The van der Waals surface area contributed by atoms with Gasteiger partial charge in [0, 0.05) is 37.0 Å². The Hall–Kier alpha value is -2.56. The van der Waals surface area contributed by atoms with E-state index in [9.17, 15) is 18.3 Å². The average molecular weight is 524 g/mol. The first kappa shape index (κ1) is 25.5. The summed E-state index contributed by atoms with van der Waals surface area (Å²) in [7, 11) is -4.24. The summed E-state index contributed by atoms with van der Waals surface area (Å²) in [5, 5.41) is 9.89. The van der Waals surface area contributed by atoms with Gasteiger partial charge >= 0.3 is 0 Å². The Bertz CT molecular complexity index is 1190. The maximum Gasteiger partial charge on any atom is 0.281 e. The summed E-state index contributed by atoms with van der Waals surface area (Å²) in [5.74, 6) is 0.851. The van der Waals surface area contributed by atoms with Crippen molar-refractivity contribution in [2.24, 2.45) is 5.92 Å². The number of amides is 1. The monoisotopic (exact) mass is 523 g/mol. The number of hydrogen-bond donors (Lipinski definition) is 2. The molecular weight excluding hydrogens is 494 g/mol. The van der Waals surface area contributed by atoms with Gasteiger partial charge in [-0.15, -0.1) is 0 Å². The van der Waals surface area contributed by atoms with Gasteiger partial charge in [-0.2, -0.15) is 8.42 Å². The molecule has 11 heteroatoms. The lowest BCUT2D eigenvalue weighted by molar-refractivity contribution is -0.128. The number of sulfonamides is 1. The molecular formula is C24H30ClN3O6S. The highest BCUT2D eigenvalue weighted by molar-refractivity contribution is 7.90. The fourth-order valence-corrected chi connectivity index (χ4v) is 4.90. The summed E-state index contributed by atoms with van der Waals surface area (Å²) in [6.07, 6.45) is 1.65. The highest BCUT2D eigenvalue weighted by atomic mass is 35.5. The largest absolute Gasteiger partial charge is 0.490 e. The third-order valence-corrected chi connectivity index (χ3v) is 7.45. The van der Waals surface area contributed by atoms with Crippen LogP contribution in [0.5, 0.6) is 11.5 Å². The first-order valence-corrected chi connectivity index (χ1v) is 13.5. The topological polar surface area (TPSA) is 118 Å². The zero-order valence-corrected chi connectivity index (χ0v) is 21.3. The van der Waals surface area contributed by atoms with Gasteiger partial charge in [0.15, 0.2) is 22.1 Å². The van der Waals surface area contributed by atoms with Gasteiger partial charge in [0.2, 0.25) is 0 Å². The van der Waals surface area contributed by atoms with Gasteiger partial charge < -0.3 is 19.5 Å². The number of aromatic nitrogens is 1. The Morgan fingerprint density at radius 1 is 1.29 bits per heavy atom. The number of anilines is 1. The number of aliphatic hydroxyl groups is 1. The third kappa shape index (κ3) is 6.17. The van der Waals surface area contributed by atoms with Gasteiger partial charge in [-0.3, -0.25) is 4.79 Å². The van der Waals surface area contributed by atoms with Crippen LogP contribution in [0.15, 0.2) is 41.4 Å². The van der Waals surface area contributed by atoms with Crippen molar-refractivity contribution in [3.8, 4) is 11.5 Å². The molecule has 0 bridgehead atoms. The number of pyridine rings is 1. The van der Waals surface area contributed by atoms with Crippen molar-refractivity contribution in [3.63, 3.8) is 0 Å². The molecule has 35 heavy (non-hydrogen) atoms. The molecule has 2 fully saturated rings. The van der Waals surface area contributed by atoms with E-state index >= 15 is 0 Å². The molecule has 1 aliphatic heterocycles. The van der Waals surface area contributed by atoms with Crippen LogP contribution in [0.1, 0.15) is 39.5 Å².